The minimum Gasteiger partial charge on any atom is -0.379 e. The number of nitrogens with one attached hydrogen (secondary N) is 3. The van der Waals surface area contributed by atoms with E-state index < -0.39 is 222 Å². The molecule has 2 bridgehead atoms. The van der Waals surface area contributed by atoms with Gasteiger partial charge in [-0.05, 0) is 130 Å². The summed E-state index contributed by atoms with van der Waals surface area (Å²) in [4.78, 5) is 192. The molecule has 4 saturated heterocycles. The van der Waals surface area contributed by atoms with Crippen molar-refractivity contribution in [3.63, 3.8) is 0 Å². The van der Waals surface area contributed by atoms with Gasteiger partial charge in [0.2, 0.25) is 70.9 Å². The summed E-state index contributed by atoms with van der Waals surface area (Å²) in [5, 5.41) is 8.27. The van der Waals surface area contributed by atoms with Crippen LogP contribution in [0.3, 0.4) is 0 Å². The van der Waals surface area contributed by atoms with Crippen LogP contribution in [0.5, 0.6) is 0 Å². The third-order valence-corrected chi connectivity index (χ3v) is 22.6. The highest BCUT2D eigenvalue weighted by molar-refractivity contribution is 6.01. The number of aryl methyl sites for hydroxylation is 1. The number of amides is 12. The van der Waals surface area contributed by atoms with Crippen LogP contribution < -0.4 is 16.0 Å². The summed E-state index contributed by atoms with van der Waals surface area (Å²) < 4.78 is 125. The average molecular weight is 1550 g/mol. The zero-order chi connectivity index (χ0) is 80.5. The first-order chi connectivity index (χ1) is 51.2. The zero-order valence-corrected chi connectivity index (χ0v) is 63.8. The highest BCUT2D eigenvalue weighted by Gasteiger charge is 2.55. The van der Waals surface area contributed by atoms with Gasteiger partial charge in [-0.25, -0.2) is 8.78 Å². The number of hydrogen-bond acceptors (Lipinski definition) is 14. The summed E-state index contributed by atoms with van der Waals surface area (Å²) in [5.74, 6) is -15.3. The van der Waals surface area contributed by atoms with E-state index in [1.54, 1.807) is 13.8 Å². The maximum absolute atomic E-state index is 15.7. The summed E-state index contributed by atoms with van der Waals surface area (Å²) in [6, 6.07) is -7.28. The highest BCUT2D eigenvalue weighted by atomic mass is 19.4. The van der Waals surface area contributed by atoms with Crippen LogP contribution in [-0.4, -0.2) is 277 Å². The lowest BCUT2D eigenvalue weighted by molar-refractivity contribution is -0.159. The third kappa shape index (κ3) is 20.2. The topological polar surface area (TPSA) is 289 Å². The van der Waals surface area contributed by atoms with E-state index in [0.29, 0.717) is 50.7 Å². The third-order valence-electron chi connectivity index (χ3n) is 22.6. The number of morpholine rings is 1. The van der Waals surface area contributed by atoms with Crippen LogP contribution in [0.2, 0.25) is 0 Å². The Morgan fingerprint density at radius 3 is 1.81 bits per heavy atom. The Bertz CT molecular complexity index is 3640. The lowest BCUT2D eigenvalue weighted by Gasteiger charge is -2.47. The number of hydrogen-bond donors (Lipinski definition) is 3. The van der Waals surface area contributed by atoms with E-state index in [1.807, 2.05) is 13.8 Å². The molecule has 26 nitrogen and oxygen atoms in total. The molecule has 0 unspecified atom stereocenters. The highest BCUT2D eigenvalue weighted by Crippen LogP contribution is 2.40. The van der Waals surface area contributed by atoms with Gasteiger partial charge in [-0.2, -0.15) is 26.3 Å². The van der Waals surface area contributed by atoms with Gasteiger partial charge in [0.05, 0.1) is 44.4 Å². The van der Waals surface area contributed by atoms with E-state index >= 15 is 47.1 Å². The fourth-order valence-electron chi connectivity index (χ4n) is 15.8. The molecule has 604 valence electrons. The number of halogens is 8. The molecule has 2 saturated carbocycles. The van der Waals surface area contributed by atoms with Gasteiger partial charge in [0, 0.05) is 82.0 Å². The Labute approximate surface area is 629 Å². The molecule has 4 aliphatic heterocycles. The van der Waals surface area contributed by atoms with Crippen molar-refractivity contribution in [1.82, 2.24) is 60.0 Å². The lowest BCUT2D eigenvalue weighted by Crippen LogP contribution is -2.69. The first-order valence-corrected chi connectivity index (χ1v) is 37.4. The molecule has 2 aromatic rings. The number of benzene rings is 2. The molecule has 6 fully saturated rings. The summed E-state index contributed by atoms with van der Waals surface area (Å²) in [6.07, 6.45) is -10.2. The van der Waals surface area contributed by atoms with Gasteiger partial charge >= 0.3 is 12.4 Å². The Kier molecular flexibility index (Phi) is 28.8. The van der Waals surface area contributed by atoms with E-state index in [0.717, 1.165) is 65.6 Å². The van der Waals surface area contributed by atoms with Crippen LogP contribution in [-0.2, 0) is 92.2 Å². The molecule has 0 radical (unpaired) electrons. The Morgan fingerprint density at radius 2 is 1.24 bits per heavy atom. The summed E-state index contributed by atoms with van der Waals surface area (Å²) in [7, 11) is 9.14. The first kappa shape index (κ1) is 86.0. The van der Waals surface area contributed by atoms with E-state index in [1.165, 1.54) is 52.1 Å². The van der Waals surface area contributed by atoms with Gasteiger partial charge in [0.15, 0.2) is 0 Å². The van der Waals surface area contributed by atoms with E-state index in [9.17, 15) is 45.5 Å². The second-order valence-electron chi connectivity index (χ2n) is 30.4. The molecule has 8 rings (SSSR count). The molecule has 12 amide bonds. The van der Waals surface area contributed by atoms with E-state index in [-0.39, 0.29) is 95.8 Å². The van der Waals surface area contributed by atoms with E-state index in [2.05, 4.69) is 16.0 Å². The molecule has 1 spiro atoms. The van der Waals surface area contributed by atoms with Crippen molar-refractivity contribution in [2.24, 2.45) is 17.8 Å². The quantitative estimate of drug-likeness (QED) is 0.237. The maximum Gasteiger partial charge on any atom is 0.422 e. The summed E-state index contributed by atoms with van der Waals surface area (Å²) in [5.41, 5.74) is -5.25. The lowest BCUT2D eigenvalue weighted by atomic mass is 9.74. The number of fused-ring (bicyclic) bond motifs is 3. The SMILES string of the molecule is CC[C@H](C)[C@@H]1NC(=O)[C@H](CC(C)C)N(C)C(=O)C[C@@H](C(=O)N2CCOCC2)N(C)C(=O)[C@H](C2CCCC2)N(C)C(=O)C2(CCC2)NC(=O)[C@@H]2[C@H](OC)CCN2C(=O)[C@@H](CCc2cc(F)c(C(F)(F)F)c(F)c2)NC(=O)CN(C)C(=O)[C@H](Cc2ccc(C(F)(F)F)cc2)N2CCCC[C@@H](C2=O)N(C)C(=O)CN(C)C1=O. The minimum atomic E-state index is -5.46. The molecular formula is C75H104F8N12O14. The number of methoxy groups -OCH3 is 1. The van der Waals surface area contributed by atoms with Gasteiger partial charge in [-0.1, -0.05) is 59.1 Å². The molecule has 2 aromatic carbocycles. The van der Waals surface area contributed by atoms with E-state index in [4.69, 9.17) is 9.47 Å². The fraction of sp³-hybridized carbons (Fsp3) is 0.680. The van der Waals surface area contributed by atoms with Gasteiger partial charge in [-0.15, -0.1) is 0 Å². The standard InChI is InChI=1S/C75H104F8N12O14/c1-12-44(4)61-70(105)88(6)42-59(98)89(7)52-20-15-16-30-94(69(52)104)55(39-45-21-24-48(25-22-45)74(78,79)80)67(102)87(5)41-57(96)84-51(26-23-46-37-49(76)60(50(77)38-46)75(81,82)83)66(101)95-31-27-56(108-11)63(95)65(100)86-73(28-17-29-73)72(107)92(10)62(47-18-13-14-19-47)71(106)91(9)54(68(103)93-32-34-109-35-33-93)40-58(97)90(8)53(36-43(2)3)64(99)85-61/h21-22,24-25,37-38,43-44,47,51-56,61-63H,12-20,23,26-36,39-42H2,1-11H3,(H,84,96)(H,85,99)(H,86,100)/t44-,51+,52-,53-,54-,55-,56+,61-,62-,63-/m0/s1. The van der Waals surface area contributed by atoms with Crippen LogP contribution in [0.25, 0.3) is 0 Å². The summed E-state index contributed by atoms with van der Waals surface area (Å²) in [6.45, 7) is 5.51. The van der Waals surface area contributed by atoms with Crippen LogP contribution in [0, 0.1) is 29.4 Å². The second kappa shape index (κ2) is 36.5. The van der Waals surface area contributed by atoms with Crippen molar-refractivity contribution >= 4 is 70.9 Å². The van der Waals surface area contributed by atoms with Crippen molar-refractivity contribution < 1.29 is 102 Å². The van der Waals surface area contributed by atoms with Crippen molar-refractivity contribution in [2.45, 2.75) is 209 Å². The Hall–Kier alpha value is -8.56. The van der Waals surface area contributed by atoms with Gasteiger partial charge in [-0.3, -0.25) is 57.5 Å². The predicted octanol–water partition coefficient (Wildman–Crippen LogP) is 4.95. The van der Waals surface area contributed by atoms with Crippen molar-refractivity contribution in [3.05, 3.63) is 70.3 Å². The van der Waals surface area contributed by atoms with Gasteiger partial charge in [0.1, 0.15) is 71.1 Å². The fourth-order valence-corrected chi connectivity index (χ4v) is 15.8. The molecule has 4 heterocycles. The van der Waals surface area contributed by atoms with Crippen molar-refractivity contribution in [1.29, 1.82) is 0 Å². The molecule has 0 aromatic heterocycles. The average Bonchev–Trinajstić information content (AvgIpc) is 1.74. The smallest absolute Gasteiger partial charge is 0.379 e. The molecule has 109 heavy (non-hydrogen) atoms. The second-order valence-corrected chi connectivity index (χ2v) is 30.4. The van der Waals surface area contributed by atoms with Crippen LogP contribution in [0.15, 0.2) is 36.4 Å². The molecule has 2 aliphatic carbocycles. The van der Waals surface area contributed by atoms with Crippen LogP contribution in [0.4, 0.5) is 35.1 Å². The van der Waals surface area contributed by atoms with Gasteiger partial charge < -0.3 is 69.5 Å². The van der Waals surface area contributed by atoms with Crippen LogP contribution >= 0.6 is 0 Å². The Morgan fingerprint density at radius 1 is 0.624 bits per heavy atom. The number of nitrogens with zero attached hydrogens (tertiary/aromatic N) is 9. The summed E-state index contributed by atoms with van der Waals surface area (Å²) >= 11 is 0. The number of carbonyl (C=O) groups is 12. The van der Waals surface area contributed by atoms with Gasteiger partial charge in [0.25, 0.3) is 0 Å². The number of alkyl halides is 6. The Balaban J connectivity index is 1.22. The minimum absolute atomic E-state index is 0.0155. The molecule has 34 heteroatoms. The van der Waals surface area contributed by atoms with Crippen molar-refractivity contribution in [2.75, 3.05) is 102 Å². The molecule has 6 aliphatic rings. The zero-order valence-electron chi connectivity index (χ0n) is 63.8. The van der Waals surface area contributed by atoms with Crippen LogP contribution in [0.1, 0.15) is 146 Å². The number of ether oxygens (including phenoxy) is 2. The predicted molar refractivity (Wildman–Crippen MR) is 378 cm³/mol. The number of likely N-dealkylation sites (N-methyl/N-ethyl adjacent to an activating group) is 6. The monoisotopic (exact) mass is 1550 g/mol. The molecule has 3 N–H and O–H groups in total. The number of rotatable bonds is 12. The maximum atomic E-state index is 15.7. The molecule has 10 atom stereocenters. The first-order valence-electron chi connectivity index (χ1n) is 37.4. The molecular weight excluding hydrogens is 1440 g/mol. The largest absolute Gasteiger partial charge is 0.422 e. The normalized spacial score (nSPS) is 26.6. The number of carbonyl (C=O) groups excluding carboxylic acids is 12. The van der Waals surface area contributed by atoms with Crippen molar-refractivity contribution in [3.8, 4) is 0 Å².